The number of carbonyl (C=O) groups is 2. The van der Waals surface area contributed by atoms with Gasteiger partial charge in [-0.3, -0.25) is 14.9 Å². The Hall–Kier alpha value is -3.13. The first-order valence-electron chi connectivity index (χ1n) is 6.11. The van der Waals surface area contributed by atoms with Gasteiger partial charge >= 0.3 is 5.97 Å². The first-order chi connectivity index (χ1) is 10.8. The molecule has 0 unspecified atom stereocenters. The Morgan fingerprint density at radius 3 is 2.43 bits per heavy atom. The number of nitrogens with one attached hydrogen (secondary N) is 1. The van der Waals surface area contributed by atoms with Crippen molar-refractivity contribution in [3.63, 3.8) is 0 Å². The largest absolute Gasteiger partial charge is 0.508 e. The molecular formula is C14H9ClN2O6. The van der Waals surface area contributed by atoms with Crippen molar-refractivity contribution in [2.24, 2.45) is 0 Å². The highest BCUT2D eigenvalue weighted by Crippen LogP contribution is 2.25. The lowest BCUT2D eigenvalue weighted by molar-refractivity contribution is -0.384. The van der Waals surface area contributed by atoms with Gasteiger partial charge in [0.15, 0.2) is 0 Å². The van der Waals surface area contributed by atoms with Gasteiger partial charge in [-0.2, -0.15) is 0 Å². The van der Waals surface area contributed by atoms with Crippen LogP contribution in [0.25, 0.3) is 0 Å². The van der Waals surface area contributed by atoms with Crippen LogP contribution in [0.2, 0.25) is 5.02 Å². The highest BCUT2D eigenvalue weighted by molar-refractivity contribution is 6.34. The van der Waals surface area contributed by atoms with Crippen LogP contribution < -0.4 is 5.32 Å². The number of nitro groups is 1. The Morgan fingerprint density at radius 2 is 1.83 bits per heavy atom. The number of nitro benzene ring substituents is 1. The second-order valence-electron chi connectivity index (χ2n) is 4.41. The van der Waals surface area contributed by atoms with E-state index in [2.05, 4.69) is 5.32 Å². The average molecular weight is 337 g/mol. The Labute approximate surface area is 134 Å². The van der Waals surface area contributed by atoms with Gasteiger partial charge in [0, 0.05) is 12.1 Å². The van der Waals surface area contributed by atoms with E-state index in [1.165, 1.54) is 18.2 Å². The molecule has 0 aliphatic heterocycles. The third-order valence-electron chi connectivity index (χ3n) is 2.89. The van der Waals surface area contributed by atoms with Crippen LogP contribution in [0.15, 0.2) is 36.4 Å². The number of anilines is 1. The third kappa shape index (κ3) is 3.55. The normalized spacial score (nSPS) is 10.1. The number of hydrogen-bond donors (Lipinski definition) is 3. The Morgan fingerprint density at radius 1 is 1.13 bits per heavy atom. The summed E-state index contributed by atoms with van der Waals surface area (Å²) in [6.07, 6.45) is 0. The molecule has 1 amide bonds. The Bertz CT molecular complexity index is 821. The summed E-state index contributed by atoms with van der Waals surface area (Å²) >= 11 is 5.85. The van der Waals surface area contributed by atoms with Crippen molar-refractivity contribution in [2.45, 2.75) is 0 Å². The van der Waals surface area contributed by atoms with E-state index in [4.69, 9.17) is 16.7 Å². The number of carboxylic acid groups (broad SMARTS) is 1. The molecule has 118 valence electrons. The van der Waals surface area contributed by atoms with E-state index in [0.717, 1.165) is 18.2 Å². The maximum Gasteiger partial charge on any atom is 0.337 e. The van der Waals surface area contributed by atoms with E-state index in [0.29, 0.717) is 0 Å². The molecule has 0 aliphatic carbocycles. The number of aromatic hydroxyl groups is 1. The van der Waals surface area contributed by atoms with Gasteiger partial charge in [0.25, 0.3) is 11.6 Å². The first-order valence-corrected chi connectivity index (χ1v) is 6.49. The molecule has 2 aromatic carbocycles. The lowest BCUT2D eigenvalue weighted by atomic mass is 10.1. The van der Waals surface area contributed by atoms with Crippen LogP contribution in [0.1, 0.15) is 20.7 Å². The lowest BCUT2D eigenvalue weighted by Crippen LogP contribution is -2.15. The number of rotatable bonds is 4. The molecule has 9 heteroatoms. The van der Waals surface area contributed by atoms with Crippen molar-refractivity contribution < 1.29 is 24.7 Å². The molecule has 0 aromatic heterocycles. The van der Waals surface area contributed by atoms with Crippen LogP contribution in [0.3, 0.4) is 0 Å². The topological polar surface area (TPSA) is 130 Å². The molecule has 23 heavy (non-hydrogen) atoms. The molecule has 0 saturated carbocycles. The maximum atomic E-state index is 12.2. The summed E-state index contributed by atoms with van der Waals surface area (Å²) in [6.45, 7) is 0. The van der Waals surface area contributed by atoms with E-state index in [9.17, 15) is 24.8 Å². The molecule has 8 nitrogen and oxygen atoms in total. The average Bonchev–Trinajstić information content (AvgIpc) is 2.48. The van der Waals surface area contributed by atoms with E-state index < -0.39 is 16.8 Å². The highest BCUT2D eigenvalue weighted by Gasteiger charge is 2.19. The van der Waals surface area contributed by atoms with Gasteiger partial charge in [-0.15, -0.1) is 0 Å². The molecule has 2 rings (SSSR count). The molecule has 0 aliphatic rings. The molecule has 0 heterocycles. The minimum atomic E-state index is -1.36. The monoisotopic (exact) mass is 336 g/mol. The predicted molar refractivity (Wildman–Crippen MR) is 81.1 cm³/mol. The van der Waals surface area contributed by atoms with E-state index in [-0.39, 0.29) is 33.3 Å². The van der Waals surface area contributed by atoms with Crippen molar-refractivity contribution in [2.75, 3.05) is 5.32 Å². The van der Waals surface area contributed by atoms with Crippen molar-refractivity contribution in [1.82, 2.24) is 0 Å². The summed E-state index contributed by atoms with van der Waals surface area (Å²) in [4.78, 5) is 33.4. The zero-order valence-electron chi connectivity index (χ0n) is 11.3. The van der Waals surface area contributed by atoms with Gasteiger partial charge in [0.05, 0.1) is 26.8 Å². The van der Waals surface area contributed by atoms with Crippen molar-refractivity contribution in [3.05, 3.63) is 62.7 Å². The fourth-order valence-electron chi connectivity index (χ4n) is 1.81. The molecule has 2 aromatic rings. The number of phenols is 1. The van der Waals surface area contributed by atoms with Crippen LogP contribution in [-0.4, -0.2) is 27.0 Å². The van der Waals surface area contributed by atoms with Gasteiger partial charge in [-0.1, -0.05) is 11.6 Å². The van der Waals surface area contributed by atoms with Crippen LogP contribution in [0, 0.1) is 10.1 Å². The van der Waals surface area contributed by atoms with Gasteiger partial charge in [0.1, 0.15) is 5.75 Å². The standard InChI is InChI=1S/C14H9ClN2O6/c15-11-3-1-7(17(22)23)5-9(11)13(19)16-12-4-2-8(18)6-10(12)14(20)21/h1-6,18H,(H,16,19)(H,20,21). The predicted octanol–water partition coefficient (Wildman–Crippen LogP) is 2.90. The number of hydrogen-bond acceptors (Lipinski definition) is 5. The Kier molecular flexibility index (Phi) is 4.47. The van der Waals surface area contributed by atoms with Crippen molar-refractivity contribution >= 4 is 34.9 Å². The molecule has 3 N–H and O–H groups in total. The number of benzene rings is 2. The zero-order chi connectivity index (χ0) is 17.1. The number of aromatic carboxylic acids is 1. The molecular weight excluding hydrogens is 328 g/mol. The second-order valence-corrected chi connectivity index (χ2v) is 4.82. The highest BCUT2D eigenvalue weighted by atomic mass is 35.5. The number of non-ortho nitro benzene ring substituents is 1. The minimum absolute atomic E-state index is 0.0243. The number of phenolic OH excluding ortho intramolecular Hbond substituents is 1. The Balaban J connectivity index is 2.39. The van der Waals surface area contributed by atoms with E-state index in [1.807, 2.05) is 0 Å². The summed E-state index contributed by atoms with van der Waals surface area (Å²) < 4.78 is 0. The first kappa shape index (κ1) is 16.2. The summed E-state index contributed by atoms with van der Waals surface area (Å²) in [5.41, 5.74) is -0.920. The maximum absolute atomic E-state index is 12.2. The number of nitrogens with zero attached hydrogens (tertiary/aromatic N) is 1. The SMILES string of the molecule is O=C(Nc1ccc(O)cc1C(=O)O)c1cc([N+](=O)[O-])ccc1Cl. The van der Waals surface area contributed by atoms with Crippen LogP contribution >= 0.6 is 11.6 Å². The van der Waals surface area contributed by atoms with Crippen LogP contribution in [0.4, 0.5) is 11.4 Å². The van der Waals surface area contributed by atoms with Gasteiger partial charge in [0.2, 0.25) is 0 Å². The smallest absolute Gasteiger partial charge is 0.337 e. The third-order valence-corrected chi connectivity index (χ3v) is 3.22. The molecule has 0 fully saturated rings. The molecule has 0 bridgehead atoms. The van der Waals surface area contributed by atoms with E-state index in [1.54, 1.807) is 0 Å². The number of carboxylic acids is 1. The van der Waals surface area contributed by atoms with Crippen LogP contribution in [-0.2, 0) is 0 Å². The summed E-state index contributed by atoms with van der Waals surface area (Å²) in [5, 5.41) is 31.4. The summed E-state index contributed by atoms with van der Waals surface area (Å²) in [5.74, 6) is -2.46. The van der Waals surface area contributed by atoms with Gasteiger partial charge in [-0.25, -0.2) is 4.79 Å². The van der Waals surface area contributed by atoms with Gasteiger partial charge < -0.3 is 15.5 Å². The zero-order valence-corrected chi connectivity index (χ0v) is 12.1. The van der Waals surface area contributed by atoms with Gasteiger partial charge in [-0.05, 0) is 24.3 Å². The number of carbonyl (C=O) groups excluding carboxylic acids is 1. The summed E-state index contributed by atoms with van der Waals surface area (Å²) in [7, 11) is 0. The minimum Gasteiger partial charge on any atom is -0.508 e. The van der Waals surface area contributed by atoms with Crippen LogP contribution in [0.5, 0.6) is 5.75 Å². The fourth-order valence-corrected chi connectivity index (χ4v) is 2.01. The number of amides is 1. The van der Waals surface area contributed by atoms with Crippen molar-refractivity contribution in [3.8, 4) is 5.75 Å². The molecule has 0 spiro atoms. The second kappa shape index (κ2) is 6.32. The molecule has 0 atom stereocenters. The quantitative estimate of drug-likeness (QED) is 0.447. The van der Waals surface area contributed by atoms with E-state index >= 15 is 0 Å². The fraction of sp³-hybridized carbons (Fsp3) is 0. The molecule has 0 saturated heterocycles. The van der Waals surface area contributed by atoms with Crippen molar-refractivity contribution in [1.29, 1.82) is 0 Å². The summed E-state index contributed by atoms with van der Waals surface area (Å²) in [6, 6.07) is 6.68. The molecule has 0 radical (unpaired) electrons. The number of halogens is 1. The lowest BCUT2D eigenvalue weighted by Gasteiger charge is -2.10.